The zero-order valence-corrected chi connectivity index (χ0v) is 10.9. The molecule has 8 heavy (non-hydrogen) atoms. The van der Waals surface area contributed by atoms with Gasteiger partial charge in [0.15, 0.2) is 0 Å². The first-order chi connectivity index (χ1) is 3.30. The molecule has 1 aliphatic rings. The molecule has 1 rings (SSSR count). The van der Waals surface area contributed by atoms with Crippen LogP contribution >= 0.6 is 0 Å². The Labute approximate surface area is 100 Å². The van der Waals surface area contributed by atoms with Crippen LogP contribution in [0.25, 0.3) is 5.32 Å². The Balaban J connectivity index is 0.000000490. The fraction of sp³-hybridized carbons (Fsp3) is 1.00. The summed E-state index contributed by atoms with van der Waals surface area (Å²) in [6, 6.07) is 0. The summed E-state index contributed by atoms with van der Waals surface area (Å²) in [5.41, 5.74) is 0. The van der Waals surface area contributed by atoms with Gasteiger partial charge in [-0.3, -0.25) is 0 Å². The summed E-state index contributed by atoms with van der Waals surface area (Å²) in [6.45, 7) is 6.73. The molecule has 0 spiro atoms. The van der Waals surface area contributed by atoms with Crippen molar-refractivity contribution < 1.29 is 58.2 Å². The molecule has 0 aliphatic carbocycles. The van der Waals surface area contributed by atoms with E-state index in [9.17, 15) is 0 Å². The number of hydrogen-bond donors (Lipinski definition) is 0. The van der Waals surface area contributed by atoms with Crippen LogP contribution in [0.15, 0.2) is 0 Å². The van der Waals surface area contributed by atoms with Gasteiger partial charge in [0, 0.05) is 0 Å². The Morgan fingerprint density at radius 3 is 1.62 bits per heavy atom. The molecule has 1 heterocycles. The average molecular weight is 184 g/mol. The zero-order valence-electron chi connectivity index (χ0n) is 6.02. The van der Waals surface area contributed by atoms with Gasteiger partial charge in [0.1, 0.15) is 0 Å². The Bertz CT molecular complexity index is 57.5. The summed E-state index contributed by atoms with van der Waals surface area (Å²) >= 11 is 0. The van der Waals surface area contributed by atoms with Gasteiger partial charge in [0.05, 0.1) is 0 Å². The molecular formula is C6H12NRb. The second kappa shape index (κ2) is 4.56. The second-order valence-corrected chi connectivity index (χ2v) is 2.54. The zero-order chi connectivity index (χ0) is 5.28. The van der Waals surface area contributed by atoms with E-state index in [1.807, 2.05) is 0 Å². The van der Waals surface area contributed by atoms with Crippen LogP contribution in [0.2, 0.25) is 0 Å². The maximum Gasteiger partial charge on any atom is 1.00 e. The van der Waals surface area contributed by atoms with Crippen molar-refractivity contribution in [2.24, 2.45) is 11.8 Å². The third-order valence-electron chi connectivity index (χ3n) is 1.81. The third kappa shape index (κ3) is 2.57. The molecule has 2 heteroatoms. The molecule has 0 radical (unpaired) electrons. The van der Waals surface area contributed by atoms with Crippen molar-refractivity contribution >= 4 is 0 Å². The van der Waals surface area contributed by atoms with Crippen molar-refractivity contribution in [1.82, 2.24) is 0 Å². The molecular weight excluding hydrogens is 172 g/mol. The molecule has 1 aliphatic heterocycles. The van der Waals surface area contributed by atoms with Crippen molar-refractivity contribution in [3.63, 3.8) is 0 Å². The number of nitrogens with zero attached hydrogens (tertiary/aromatic N) is 1. The van der Waals surface area contributed by atoms with Crippen LogP contribution in [-0.4, -0.2) is 13.1 Å². The van der Waals surface area contributed by atoms with E-state index in [0.717, 1.165) is 24.9 Å². The van der Waals surface area contributed by atoms with Crippen molar-refractivity contribution in [1.29, 1.82) is 0 Å². The van der Waals surface area contributed by atoms with Crippen LogP contribution in [0.1, 0.15) is 13.8 Å². The van der Waals surface area contributed by atoms with Crippen LogP contribution in [0.4, 0.5) is 0 Å². The molecule has 1 saturated heterocycles. The van der Waals surface area contributed by atoms with E-state index in [4.69, 9.17) is 0 Å². The summed E-state index contributed by atoms with van der Waals surface area (Å²) < 4.78 is 0. The molecule has 0 aromatic rings. The van der Waals surface area contributed by atoms with Crippen LogP contribution in [0.3, 0.4) is 0 Å². The van der Waals surface area contributed by atoms with Gasteiger partial charge >= 0.3 is 58.2 Å². The van der Waals surface area contributed by atoms with Crippen LogP contribution < -0.4 is 58.2 Å². The van der Waals surface area contributed by atoms with Crippen molar-refractivity contribution in [2.75, 3.05) is 13.1 Å². The topological polar surface area (TPSA) is 14.1 Å². The fourth-order valence-electron chi connectivity index (χ4n) is 0.842. The van der Waals surface area contributed by atoms with Crippen molar-refractivity contribution in [3.8, 4) is 0 Å². The Morgan fingerprint density at radius 1 is 1.12 bits per heavy atom. The number of rotatable bonds is 0. The smallest absolute Gasteiger partial charge is 0.662 e. The van der Waals surface area contributed by atoms with Crippen LogP contribution in [-0.2, 0) is 0 Å². The summed E-state index contributed by atoms with van der Waals surface area (Å²) in [7, 11) is 0. The van der Waals surface area contributed by atoms with Gasteiger partial charge in [-0.25, -0.2) is 0 Å². The predicted molar refractivity (Wildman–Crippen MR) is 31.4 cm³/mol. The minimum Gasteiger partial charge on any atom is -0.662 e. The van der Waals surface area contributed by atoms with Gasteiger partial charge in [-0.15, -0.1) is 13.1 Å². The quantitative estimate of drug-likeness (QED) is 0.441. The molecule has 0 saturated carbocycles. The van der Waals surface area contributed by atoms with Crippen LogP contribution in [0.5, 0.6) is 0 Å². The van der Waals surface area contributed by atoms with E-state index >= 15 is 0 Å². The Kier molecular flexibility index (Phi) is 5.57. The number of hydrogen-bond acceptors (Lipinski definition) is 0. The van der Waals surface area contributed by atoms with Gasteiger partial charge in [-0.2, -0.15) is 0 Å². The fourth-order valence-corrected chi connectivity index (χ4v) is 0.842. The SMILES string of the molecule is CC1C[N-]CC1C.[Rb+]. The minimum absolute atomic E-state index is 0. The van der Waals surface area contributed by atoms with E-state index in [1.165, 1.54) is 0 Å². The predicted octanol–water partition coefficient (Wildman–Crippen LogP) is -1.35. The van der Waals surface area contributed by atoms with E-state index in [1.54, 1.807) is 0 Å². The van der Waals surface area contributed by atoms with Gasteiger partial charge in [-0.1, -0.05) is 25.7 Å². The van der Waals surface area contributed by atoms with Gasteiger partial charge in [0.2, 0.25) is 0 Å². The first-order valence-corrected chi connectivity index (χ1v) is 2.94. The van der Waals surface area contributed by atoms with E-state index in [-0.39, 0.29) is 58.2 Å². The molecule has 1 fully saturated rings. The average Bonchev–Trinajstić information content (AvgIpc) is 1.91. The first kappa shape index (κ1) is 9.77. The molecule has 0 amide bonds. The van der Waals surface area contributed by atoms with Gasteiger partial charge in [-0.05, 0) is 0 Å². The van der Waals surface area contributed by atoms with Gasteiger partial charge in [0.25, 0.3) is 0 Å². The largest absolute Gasteiger partial charge is 1.00 e. The molecule has 2 atom stereocenters. The monoisotopic (exact) mass is 183 g/mol. The van der Waals surface area contributed by atoms with E-state index in [0.29, 0.717) is 0 Å². The molecule has 1 nitrogen and oxygen atoms in total. The molecule has 0 bridgehead atoms. The Hall–Kier alpha value is 1.77. The third-order valence-corrected chi connectivity index (χ3v) is 1.81. The summed E-state index contributed by atoms with van der Waals surface area (Å²) in [5, 5.41) is 4.25. The summed E-state index contributed by atoms with van der Waals surface area (Å²) in [4.78, 5) is 0. The first-order valence-electron chi connectivity index (χ1n) is 2.94. The molecule has 0 N–H and O–H groups in total. The normalized spacial score (nSPS) is 36.8. The Morgan fingerprint density at radius 2 is 1.50 bits per heavy atom. The summed E-state index contributed by atoms with van der Waals surface area (Å²) in [6.07, 6.45) is 0. The van der Waals surface area contributed by atoms with E-state index in [2.05, 4.69) is 19.2 Å². The molecule has 0 aromatic carbocycles. The second-order valence-electron chi connectivity index (χ2n) is 2.54. The molecule has 42 valence electrons. The van der Waals surface area contributed by atoms with Crippen molar-refractivity contribution in [3.05, 3.63) is 5.32 Å². The maximum absolute atomic E-state index is 4.25. The standard InChI is InChI=1S/C6H12N.Rb/c1-5-3-7-4-6(5)2;/h5-6H,3-4H2,1-2H3;/q-1;+1. The maximum atomic E-state index is 4.25. The minimum atomic E-state index is 0. The summed E-state index contributed by atoms with van der Waals surface area (Å²) in [5.74, 6) is 1.69. The van der Waals surface area contributed by atoms with Gasteiger partial charge < -0.3 is 5.32 Å². The van der Waals surface area contributed by atoms with E-state index < -0.39 is 0 Å². The molecule has 2 unspecified atom stereocenters. The molecule has 0 aromatic heterocycles. The van der Waals surface area contributed by atoms with Crippen molar-refractivity contribution in [2.45, 2.75) is 13.8 Å². The van der Waals surface area contributed by atoms with Crippen LogP contribution in [0, 0.1) is 11.8 Å².